The van der Waals surface area contributed by atoms with Crippen molar-refractivity contribution in [1.29, 1.82) is 0 Å². The van der Waals surface area contributed by atoms with Gasteiger partial charge in [-0.25, -0.2) is 0 Å². The second-order valence-electron chi connectivity index (χ2n) is 6.12. The Hall–Kier alpha value is -0.0800. The molecule has 2 nitrogen and oxygen atoms in total. The third-order valence-corrected chi connectivity index (χ3v) is 4.37. The van der Waals surface area contributed by atoms with Gasteiger partial charge in [0.1, 0.15) is 0 Å². The Morgan fingerprint density at radius 3 is 2.56 bits per heavy atom. The first-order valence-corrected chi connectivity index (χ1v) is 8.17. The molecule has 0 bridgehead atoms. The molecule has 0 aromatic rings. The molecule has 18 heavy (non-hydrogen) atoms. The van der Waals surface area contributed by atoms with Crippen LogP contribution in [0.5, 0.6) is 0 Å². The molecule has 0 heterocycles. The Labute approximate surface area is 115 Å². The molecule has 0 saturated heterocycles. The molecule has 1 N–H and O–H groups in total. The maximum absolute atomic E-state index is 3.65. The van der Waals surface area contributed by atoms with Crippen molar-refractivity contribution in [2.75, 3.05) is 20.1 Å². The highest BCUT2D eigenvalue weighted by Crippen LogP contribution is 2.21. The molecule has 1 aliphatic carbocycles. The number of unbranched alkanes of at least 4 members (excludes halogenated alkanes) is 1. The summed E-state index contributed by atoms with van der Waals surface area (Å²) in [5.74, 6) is 0. The fraction of sp³-hybridized carbons (Fsp3) is 1.00. The maximum Gasteiger partial charge on any atom is 0.00922 e. The summed E-state index contributed by atoms with van der Waals surface area (Å²) in [4.78, 5) is 2.59. The van der Waals surface area contributed by atoms with E-state index in [0.717, 1.165) is 6.04 Å². The summed E-state index contributed by atoms with van der Waals surface area (Å²) in [6, 6.07) is 1.57. The third kappa shape index (κ3) is 6.75. The second-order valence-corrected chi connectivity index (χ2v) is 6.12. The minimum absolute atomic E-state index is 0.699. The first kappa shape index (κ1) is 16.0. The van der Waals surface area contributed by atoms with Gasteiger partial charge < -0.3 is 10.2 Å². The van der Waals surface area contributed by atoms with Gasteiger partial charge in [-0.05, 0) is 52.7 Å². The van der Waals surface area contributed by atoms with Crippen LogP contribution >= 0.6 is 0 Å². The van der Waals surface area contributed by atoms with Crippen molar-refractivity contribution in [2.45, 2.75) is 83.7 Å². The van der Waals surface area contributed by atoms with Gasteiger partial charge in [0.15, 0.2) is 0 Å². The van der Waals surface area contributed by atoms with Crippen LogP contribution in [0.2, 0.25) is 0 Å². The summed E-state index contributed by atoms with van der Waals surface area (Å²) in [6.45, 7) is 7.03. The van der Waals surface area contributed by atoms with Crippen LogP contribution in [-0.4, -0.2) is 37.1 Å². The molecule has 1 aliphatic rings. The predicted octanol–water partition coefficient (Wildman–Crippen LogP) is 3.81. The maximum atomic E-state index is 3.65. The van der Waals surface area contributed by atoms with Gasteiger partial charge in [-0.15, -0.1) is 0 Å². The minimum atomic E-state index is 0.699. The van der Waals surface area contributed by atoms with Crippen molar-refractivity contribution in [3.63, 3.8) is 0 Å². The fourth-order valence-electron chi connectivity index (χ4n) is 2.99. The molecule has 0 spiro atoms. The Morgan fingerprint density at radius 2 is 1.89 bits per heavy atom. The van der Waals surface area contributed by atoms with Crippen LogP contribution in [0.4, 0.5) is 0 Å². The van der Waals surface area contributed by atoms with E-state index in [1.54, 1.807) is 0 Å². The highest BCUT2D eigenvalue weighted by atomic mass is 15.1. The van der Waals surface area contributed by atoms with Crippen LogP contribution in [0.1, 0.15) is 71.6 Å². The number of hydrogen-bond acceptors (Lipinski definition) is 2. The molecule has 0 aromatic heterocycles. The van der Waals surface area contributed by atoms with E-state index in [-0.39, 0.29) is 0 Å². The smallest absolute Gasteiger partial charge is 0.00922 e. The summed E-state index contributed by atoms with van der Waals surface area (Å²) in [5.41, 5.74) is 0. The predicted molar refractivity (Wildman–Crippen MR) is 81.1 cm³/mol. The molecule has 1 rings (SSSR count). The van der Waals surface area contributed by atoms with Crippen LogP contribution in [0.15, 0.2) is 0 Å². The summed E-state index contributed by atoms with van der Waals surface area (Å²) in [6.07, 6.45) is 12.5. The Bertz CT molecular complexity index is 188. The molecular weight excluding hydrogens is 220 g/mol. The van der Waals surface area contributed by atoms with Crippen LogP contribution < -0.4 is 5.32 Å². The summed E-state index contributed by atoms with van der Waals surface area (Å²) >= 11 is 0. The number of nitrogens with zero attached hydrogens (tertiary/aromatic N) is 1. The first-order chi connectivity index (χ1) is 8.74. The van der Waals surface area contributed by atoms with Crippen molar-refractivity contribution in [1.82, 2.24) is 10.2 Å². The highest BCUT2D eigenvalue weighted by Gasteiger charge is 2.17. The highest BCUT2D eigenvalue weighted by molar-refractivity contribution is 4.73. The summed E-state index contributed by atoms with van der Waals surface area (Å²) in [7, 11) is 2.32. The lowest BCUT2D eigenvalue weighted by Gasteiger charge is -2.31. The van der Waals surface area contributed by atoms with E-state index in [1.807, 2.05) is 0 Å². The quantitative estimate of drug-likeness (QED) is 0.629. The lowest BCUT2D eigenvalue weighted by molar-refractivity contribution is 0.189. The van der Waals surface area contributed by atoms with Crippen molar-refractivity contribution in [3.05, 3.63) is 0 Å². The van der Waals surface area contributed by atoms with Gasteiger partial charge in [0.05, 0.1) is 0 Å². The van der Waals surface area contributed by atoms with Crippen molar-refractivity contribution >= 4 is 0 Å². The van der Waals surface area contributed by atoms with E-state index >= 15 is 0 Å². The van der Waals surface area contributed by atoms with E-state index in [0.29, 0.717) is 6.04 Å². The lowest BCUT2D eigenvalue weighted by Crippen LogP contribution is -2.36. The molecule has 0 aromatic carbocycles. The van der Waals surface area contributed by atoms with Crippen molar-refractivity contribution in [3.8, 4) is 0 Å². The minimum Gasteiger partial charge on any atom is -0.314 e. The lowest BCUT2D eigenvalue weighted by atomic mass is 9.94. The van der Waals surface area contributed by atoms with Crippen molar-refractivity contribution in [2.24, 2.45) is 0 Å². The Kier molecular flexibility index (Phi) is 8.70. The van der Waals surface area contributed by atoms with Gasteiger partial charge in [0.2, 0.25) is 0 Å². The molecule has 1 saturated carbocycles. The number of rotatable bonds is 9. The zero-order valence-corrected chi connectivity index (χ0v) is 12.9. The Balaban J connectivity index is 1.99. The third-order valence-electron chi connectivity index (χ3n) is 4.37. The fourth-order valence-corrected chi connectivity index (χ4v) is 2.99. The standard InChI is InChI=1S/C16H34N2/c1-4-5-10-15(2)17-13-9-14-18(3)16-11-7-6-8-12-16/h15-17H,4-14H2,1-3H3. The molecule has 1 unspecified atom stereocenters. The number of hydrogen-bond donors (Lipinski definition) is 1. The zero-order chi connectivity index (χ0) is 13.2. The topological polar surface area (TPSA) is 15.3 Å². The van der Waals surface area contributed by atoms with E-state index in [1.165, 1.54) is 70.9 Å². The van der Waals surface area contributed by atoms with Gasteiger partial charge in [-0.2, -0.15) is 0 Å². The van der Waals surface area contributed by atoms with Crippen LogP contribution in [0.25, 0.3) is 0 Å². The van der Waals surface area contributed by atoms with E-state index in [9.17, 15) is 0 Å². The van der Waals surface area contributed by atoms with E-state index in [2.05, 4.69) is 31.1 Å². The first-order valence-electron chi connectivity index (χ1n) is 8.17. The molecular formula is C16H34N2. The van der Waals surface area contributed by atoms with Crippen molar-refractivity contribution < 1.29 is 0 Å². The zero-order valence-electron chi connectivity index (χ0n) is 12.9. The second kappa shape index (κ2) is 9.80. The average molecular weight is 254 g/mol. The molecule has 0 radical (unpaired) electrons. The molecule has 1 fully saturated rings. The normalized spacial score (nSPS) is 19.3. The molecule has 1 atom stereocenters. The molecule has 108 valence electrons. The van der Waals surface area contributed by atoms with Gasteiger partial charge >= 0.3 is 0 Å². The molecule has 2 heteroatoms. The van der Waals surface area contributed by atoms with Gasteiger partial charge in [0, 0.05) is 12.1 Å². The monoisotopic (exact) mass is 254 g/mol. The largest absolute Gasteiger partial charge is 0.314 e. The van der Waals surface area contributed by atoms with Gasteiger partial charge in [-0.1, -0.05) is 39.0 Å². The number of nitrogens with one attached hydrogen (secondary N) is 1. The average Bonchev–Trinajstić information content (AvgIpc) is 2.42. The summed E-state index contributed by atoms with van der Waals surface area (Å²) in [5, 5.41) is 3.65. The van der Waals surface area contributed by atoms with Crippen LogP contribution in [0, 0.1) is 0 Å². The van der Waals surface area contributed by atoms with E-state index in [4.69, 9.17) is 0 Å². The van der Waals surface area contributed by atoms with Gasteiger partial charge in [-0.3, -0.25) is 0 Å². The SMILES string of the molecule is CCCCC(C)NCCCN(C)C1CCCCC1. The Morgan fingerprint density at radius 1 is 1.17 bits per heavy atom. The van der Waals surface area contributed by atoms with Crippen LogP contribution in [-0.2, 0) is 0 Å². The molecule has 0 aliphatic heterocycles. The van der Waals surface area contributed by atoms with Crippen LogP contribution in [0.3, 0.4) is 0 Å². The summed E-state index contributed by atoms with van der Waals surface area (Å²) < 4.78 is 0. The van der Waals surface area contributed by atoms with E-state index < -0.39 is 0 Å². The molecule has 0 amide bonds. The van der Waals surface area contributed by atoms with Gasteiger partial charge in [0.25, 0.3) is 0 Å².